The van der Waals surface area contributed by atoms with E-state index < -0.39 is 26.5 Å². The summed E-state index contributed by atoms with van der Waals surface area (Å²) in [7, 11) is -4.41. The van der Waals surface area contributed by atoms with Gasteiger partial charge in [0.2, 0.25) is 0 Å². The minimum atomic E-state index is -4.41. The summed E-state index contributed by atoms with van der Waals surface area (Å²) in [5.74, 6) is -0.835. The van der Waals surface area contributed by atoms with E-state index in [-0.39, 0.29) is 38.6 Å². The summed E-state index contributed by atoms with van der Waals surface area (Å²) in [6.07, 6.45) is 132. The van der Waals surface area contributed by atoms with Gasteiger partial charge in [0.05, 0.1) is 13.2 Å². The Kier molecular flexibility index (Phi) is 80.6. The average molecular weight is 1440 g/mol. The zero-order valence-electron chi connectivity index (χ0n) is 65.5. The van der Waals surface area contributed by atoms with Crippen LogP contribution in [0.2, 0.25) is 0 Å². The van der Waals surface area contributed by atoms with Crippen LogP contribution in [0.25, 0.3) is 0 Å². The molecule has 0 heterocycles. The first-order valence-corrected chi connectivity index (χ1v) is 42.7. The van der Waals surface area contributed by atoms with E-state index in [2.05, 4.69) is 233 Å². The number of rotatable bonds is 75. The van der Waals surface area contributed by atoms with Crippen molar-refractivity contribution in [3.05, 3.63) is 219 Å². The normalized spacial score (nSPS) is 14.0. The van der Waals surface area contributed by atoms with Crippen LogP contribution in [0.5, 0.6) is 0 Å². The van der Waals surface area contributed by atoms with Crippen LogP contribution >= 0.6 is 7.82 Å². The maximum absolute atomic E-state index is 12.8. The lowest BCUT2D eigenvalue weighted by Crippen LogP contribution is -2.29. The Morgan fingerprint density at radius 2 is 0.505 bits per heavy atom. The monoisotopic (exact) mass is 1440 g/mol. The summed E-state index contributed by atoms with van der Waals surface area (Å²) in [6, 6.07) is 0. The number of esters is 2. The molecule has 0 aliphatic heterocycles. The second-order valence-corrected chi connectivity index (χ2v) is 28.0. The minimum Gasteiger partial charge on any atom is -0.462 e. The molecule has 0 aromatic heterocycles. The number of carbonyl (C=O) groups excluding carboxylic acids is 2. The predicted octanol–water partition coefficient (Wildman–Crippen LogP) is 28.3. The largest absolute Gasteiger partial charge is 0.472 e. The van der Waals surface area contributed by atoms with Gasteiger partial charge in [0.1, 0.15) is 6.61 Å². The molecule has 0 saturated heterocycles. The van der Waals surface area contributed by atoms with Crippen molar-refractivity contribution in [3.8, 4) is 0 Å². The fraction of sp³-hybridized carbons (Fsp3) is 0.591. The SMILES string of the molecule is CC/C=C\C/C=C\C/C=C\C/C=C\C/C=C\C/C=C\C/C=C\C/C=C\C/C=C\CCCCCCCCCCCCCCCC(=O)OCC(COP(=O)(O)OCCN)OC(=O)CCCCCCCCCCCCCCC/C=C\C/C=C\C/C=C\C/C=C\C/C=C\C/C=C\C/C=C\C/C=C\C/C=C\CC. The third-order valence-corrected chi connectivity index (χ3v) is 17.8. The molecule has 103 heavy (non-hydrogen) atoms. The third-order valence-electron chi connectivity index (χ3n) is 16.9. The Bertz CT molecular complexity index is 2510. The molecule has 3 N–H and O–H groups in total. The van der Waals surface area contributed by atoms with Crippen LogP contribution in [0.1, 0.15) is 322 Å². The maximum Gasteiger partial charge on any atom is 0.472 e. The molecule has 0 aromatic rings. The lowest BCUT2D eigenvalue weighted by atomic mass is 10.0. The Morgan fingerprint density at radius 3 is 0.748 bits per heavy atom. The summed E-state index contributed by atoms with van der Waals surface area (Å²) >= 11 is 0. The number of hydrogen-bond donors (Lipinski definition) is 2. The number of nitrogens with two attached hydrogens (primary N) is 1. The minimum absolute atomic E-state index is 0.0448. The van der Waals surface area contributed by atoms with Crippen molar-refractivity contribution in [1.82, 2.24) is 0 Å². The lowest BCUT2D eigenvalue weighted by Gasteiger charge is -2.19. The molecule has 0 aromatic carbocycles. The standard InChI is InChI=1S/C93H150NO8P/c1-3-5-7-9-11-13-15-17-19-21-23-25-27-29-31-33-35-37-39-41-43-45-47-49-51-53-55-57-59-61-63-65-67-69-71-73-75-77-79-81-83-85-92(95)99-89-91(90-101-103(97,98)100-88-87-94)102-93(96)86-84-82-80-78-76-74-72-70-68-66-64-62-60-58-56-54-52-50-48-46-44-42-40-38-36-34-32-30-28-26-24-22-20-18-16-14-12-10-8-6-4-2/h5-8,11-14,17-20,23-26,29-32,35-38,41-44,47-50,53-56,91H,3-4,9-10,15-16,21-22,27-28,33-34,39-40,45-46,51-52,57-90,94H2,1-2H3,(H,97,98)/b7-5-,8-6-,13-11-,14-12-,19-17-,20-18-,25-23-,26-24-,31-29-,32-30-,37-35-,38-36-,43-41-,44-42-,49-47-,50-48-,55-53-,56-54-. The Balaban J connectivity index is 3.90. The second-order valence-electron chi connectivity index (χ2n) is 26.5. The number of hydrogen-bond acceptors (Lipinski definition) is 8. The Morgan fingerprint density at radius 1 is 0.291 bits per heavy atom. The van der Waals surface area contributed by atoms with Crippen molar-refractivity contribution in [2.75, 3.05) is 26.4 Å². The first-order chi connectivity index (χ1) is 50.8. The molecule has 9 nitrogen and oxygen atoms in total. The molecule has 0 fully saturated rings. The van der Waals surface area contributed by atoms with Gasteiger partial charge >= 0.3 is 19.8 Å². The molecule has 0 bridgehead atoms. The van der Waals surface area contributed by atoms with Crippen molar-refractivity contribution in [2.45, 2.75) is 328 Å². The molecule has 0 saturated carbocycles. The number of carbonyl (C=O) groups is 2. The molecule has 10 heteroatoms. The van der Waals surface area contributed by atoms with Gasteiger partial charge in [-0.05, 0) is 154 Å². The number of unbranched alkanes of at least 4 members (excludes halogenated alkanes) is 26. The number of ether oxygens (including phenoxy) is 2. The fourth-order valence-corrected chi connectivity index (χ4v) is 11.6. The molecule has 2 unspecified atom stereocenters. The van der Waals surface area contributed by atoms with Gasteiger partial charge in [-0.2, -0.15) is 0 Å². The third kappa shape index (κ3) is 85.2. The number of phosphoric ester groups is 1. The summed E-state index contributed by atoms with van der Waals surface area (Å²) in [6.45, 7) is 3.52. The zero-order valence-corrected chi connectivity index (χ0v) is 66.4. The van der Waals surface area contributed by atoms with Crippen LogP contribution in [-0.4, -0.2) is 49.3 Å². The summed E-state index contributed by atoms with van der Waals surface area (Å²) in [4.78, 5) is 35.5. The predicted molar refractivity (Wildman–Crippen MR) is 449 cm³/mol. The highest BCUT2D eigenvalue weighted by Crippen LogP contribution is 2.43. The number of phosphoric acid groups is 1. The quantitative estimate of drug-likeness (QED) is 0.0264. The molecule has 0 amide bonds. The van der Waals surface area contributed by atoms with Gasteiger partial charge < -0.3 is 20.1 Å². The van der Waals surface area contributed by atoms with Crippen molar-refractivity contribution in [2.24, 2.45) is 5.73 Å². The highest BCUT2D eigenvalue weighted by Gasteiger charge is 2.26. The topological polar surface area (TPSA) is 134 Å². The average Bonchev–Trinajstić information content (AvgIpc) is 1.08. The second kappa shape index (κ2) is 85.3. The van der Waals surface area contributed by atoms with Gasteiger partial charge in [-0.3, -0.25) is 18.6 Å². The first-order valence-electron chi connectivity index (χ1n) is 41.2. The van der Waals surface area contributed by atoms with E-state index in [0.29, 0.717) is 6.42 Å². The van der Waals surface area contributed by atoms with Crippen molar-refractivity contribution in [3.63, 3.8) is 0 Å². The van der Waals surface area contributed by atoms with Crippen LogP contribution in [0.4, 0.5) is 0 Å². The van der Waals surface area contributed by atoms with Gasteiger partial charge in [0, 0.05) is 19.4 Å². The Labute approximate surface area is 632 Å². The van der Waals surface area contributed by atoms with Gasteiger partial charge in [-0.15, -0.1) is 0 Å². The van der Waals surface area contributed by atoms with Gasteiger partial charge in [-0.25, -0.2) is 4.57 Å². The molecule has 0 aliphatic carbocycles. The Hall–Kier alpha value is -5.67. The molecule has 0 radical (unpaired) electrons. The van der Waals surface area contributed by atoms with E-state index in [0.717, 1.165) is 161 Å². The summed E-state index contributed by atoms with van der Waals surface area (Å²) in [5, 5.41) is 0. The molecule has 0 spiro atoms. The van der Waals surface area contributed by atoms with Crippen LogP contribution in [0.15, 0.2) is 219 Å². The van der Waals surface area contributed by atoms with Gasteiger partial charge in [0.25, 0.3) is 0 Å². The van der Waals surface area contributed by atoms with E-state index in [4.69, 9.17) is 24.3 Å². The smallest absolute Gasteiger partial charge is 0.462 e. The van der Waals surface area contributed by atoms with Crippen LogP contribution in [0.3, 0.4) is 0 Å². The molecular weight excluding hydrogens is 1290 g/mol. The molecule has 580 valence electrons. The van der Waals surface area contributed by atoms with Crippen LogP contribution in [-0.2, 0) is 32.7 Å². The van der Waals surface area contributed by atoms with E-state index >= 15 is 0 Å². The summed E-state index contributed by atoms with van der Waals surface area (Å²) < 4.78 is 33.3. The number of allylic oxidation sites excluding steroid dienone is 36. The van der Waals surface area contributed by atoms with E-state index in [9.17, 15) is 19.0 Å². The molecular formula is C93H150NO8P. The van der Waals surface area contributed by atoms with Crippen molar-refractivity contribution in [1.29, 1.82) is 0 Å². The van der Waals surface area contributed by atoms with E-state index in [1.165, 1.54) is 128 Å². The molecule has 2 atom stereocenters. The highest BCUT2D eigenvalue weighted by atomic mass is 31.2. The molecule has 0 aliphatic rings. The van der Waals surface area contributed by atoms with Crippen LogP contribution in [0, 0.1) is 0 Å². The summed E-state index contributed by atoms with van der Waals surface area (Å²) in [5.41, 5.74) is 5.42. The van der Waals surface area contributed by atoms with Crippen molar-refractivity contribution < 1.29 is 37.6 Å². The van der Waals surface area contributed by atoms with Gasteiger partial charge in [-0.1, -0.05) is 374 Å². The van der Waals surface area contributed by atoms with Crippen molar-refractivity contribution >= 4 is 19.8 Å². The molecule has 0 rings (SSSR count). The van der Waals surface area contributed by atoms with Gasteiger partial charge in [0.15, 0.2) is 6.10 Å². The van der Waals surface area contributed by atoms with E-state index in [1.54, 1.807) is 0 Å². The fourth-order valence-electron chi connectivity index (χ4n) is 10.9. The maximum atomic E-state index is 12.8. The van der Waals surface area contributed by atoms with E-state index in [1.807, 2.05) is 0 Å². The highest BCUT2D eigenvalue weighted by molar-refractivity contribution is 7.47. The lowest BCUT2D eigenvalue weighted by molar-refractivity contribution is -0.161. The van der Waals surface area contributed by atoms with Crippen LogP contribution < -0.4 is 5.73 Å². The first kappa shape index (κ1) is 97.3. The zero-order chi connectivity index (χ0) is 74.3.